The summed E-state index contributed by atoms with van der Waals surface area (Å²) in [5.41, 5.74) is 0.812. The first-order chi connectivity index (χ1) is 12.4. The van der Waals surface area contributed by atoms with Gasteiger partial charge in [0.1, 0.15) is 0 Å². The Balaban J connectivity index is 1.74. The van der Waals surface area contributed by atoms with E-state index in [1.165, 1.54) is 36.0 Å². The van der Waals surface area contributed by atoms with E-state index in [-0.39, 0.29) is 4.90 Å². The van der Waals surface area contributed by atoms with Gasteiger partial charge in [-0.1, -0.05) is 30.0 Å². The summed E-state index contributed by atoms with van der Waals surface area (Å²) in [6.45, 7) is 2.72. The zero-order valence-corrected chi connectivity index (χ0v) is 16.1. The zero-order chi connectivity index (χ0) is 18.7. The molecule has 1 aromatic carbocycles. The Hall–Kier alpha value is -1.78. The van der Waals surface area contributed by atoms with Crippen LogP contribution in [0.2, 0.25) is 0 Å². The highest BCUT2D eigenvalue weighted by Crippen LogP contribution is 2.29. The summed E-state index contributed by atoms with van der Waals surface area (Å²) in [6, 6.07) is 9.43. The largest absolute Gasteiger partial charge is 0.341 e. The molecule has 0 radical (unpaired) electrons. The highest BCUT2D eigenvalue weighted by atomic mass is 32.2. The summed E-state index contributed by atoms with van der Waals surface area (Å²) in [7, 11) is -4.56. The first-order valence-electron chi connectivity index (χ1n) is 7.64. The lowest BCUT2D eigenvalue weighted by Gasteiger charge is -2.07. The molecule has 138 valence electrons. The minimum atomic E-state index is -4.56. The van der Waals surface area contributed by atoms with Crippen molar-refractivity contribution in [1.82, 2.24) is 14.8 Å². The van der Waals surface area contributed by atoms with Gasteiger partial charge in [-0.25, -0.2) is 8.42 Å². The summed E-state index contributed by atoms with van der Waals surface area (Å²) < 4.78 is 50.0. The molecule has 0 N–H and O–H groups in total. The Morgan fingerprint density at radius 3 is 2.50 bits per heavy atom. The summed E-state index contributed by atoms with van der Waals surface area (Å²) in [5, 5.41) is 11.2. The minimum Gasteiger partial charge on any atom is -0.302 e. The monoisotopic (exact) mass is 415 g/mol. The molecule has 0 saturated carbocycles. The van der Waals surface area contributed by atoms with Gasteiger partial charge in [0.25, 0.3) is 0 Å². The first-order valence-corrected chi connectivity index (χ1v) is 11.1. The Kier molecular flexibility index (Phi) is 5.73. The van der Waals surface area contributed by atoms with Gasteiger partial charge in [-0.2, -0.15) is 8.78 Å². The number of sulfone groups is 1. The number of thiophene rings is 1. The number of thioether (sulfide) groups is 1. The van der Waals surface area contributed by atoms with Crippen molar-refractivity contribution >= 4 is 32.9 Å². The number of rotatable bonds is 7. The summed E-state index contributed by atoms with van der Waals surface area (Å²) in [5.74, 6) is -2.08. The van der Waals surface area contributed by atoms with Crippen molar-refractivity contribution in [2.24, 2.45) is 0 Å². The maximum Gasteiger partial charge on any atom is 0.341 e. The maximum atomic E-state index is 12.6. The maximum absolute atomic E-state index is 12.6. The predicted octanol–water partition coefficient (Wildman–Crippen LogP) is 4.32. The lowest BCUT2D eigenvalue weighted by Crippen LogP contribution is -2.11. The van der Waals surface area contributed by atoms with E-state index in [4.69, 9.17) is 0 Å². The van der Waals surface area contributed by atoms with Crippen molar-refractivity contribution in [3.8, 4) is 10.7 Å². The number of hydrogen-bond donors (Lipinski definition) is 0. The van der Waals surface area contributed by atoms with E-state index < -0.39 is 15.6 Å². The molecular weight excluding hydrogens is 400 g/mol. The fourth-order valence-electron chi connectivity index (χ4n) is 2.29. The normalized spacial score (nSPS) is 12.0. The van der Waals surface area contributed by atoms with Gasteiger partial charge in [0, 0.05) is 12.3 Å². The zero-order valence-electron chi connectivity index (χ0n) is 13.7. The fourth-order valence-corrected chi connectivity index (χ4v) is 4.69. The molecule has 0 unspecified atom stereocenters. The molecule has 0 atom stereocenters. The molecule has 26 heavy (non-hydrogen) atoms. The molecule has 0 amide bonds. The number of benzene rings is 1. The van der Waals surface area contributed by atoms with Crippen LogP contribution in [0.1, 0.15) is 12.5 Å². The second-order valence-corrected chi connectivity index (χ2v) is 9.07. The third-order valence-corrected chi connectivity index (χ3v) is 6.93. The number of hydrogen-bond acceptors (Lipinski definition) is 6. The number of halogens is 2. The van der Waals surface area contributed by atoms with Gasteiger partial charge in [0.2, 0.25) is 9.84 Å². The van der Waals surface area contributed by atoms with Gasteiger partial charge >= 0.3 is 5.76 Å². The molecule has 0 bridgehead atoms. The molecule has 0 aliphatic heterocycles. The molecule has 3 rings (SSSR count). The smallest absolute Gasteiger partial charge is 0.302 e. The van der Waals surface area contributed by atoms with Crippen molar-refractivity contribution in [2.45, 2.75) is 35.0 Å². The summed E-state index contributed by atoms with van der Waals surface area (Å²) >= 11 is 3.05. The van der Waals surface area contributed by atoms with Crippen LogP contribution in [0.4, 0.5) is 8.78 Å². The molecule has 3 aromatic rings. The van der Waals surface area contributed by atoms with Crippen molar-refractivity contribution in [3.05, 3.63) is 47.3 Å². The van der Waals surface area contributed by atoms with Crippen LogP contribution in [0.3, 0.4) is 0 Å². The number of alkyl halides is 2. The van der Waals surface area contributed by atoms with Crippen molar-refractivity contribution in [1.29, 1.82) is 0 Å². The van der Waals surface area contributed by atoms with Gasteiger partial charge < -0.3 is 4.57 Å². The molecule has 0 saturated heterocycles. The minimum absolute atomic E-state index is 0.377. The van der Waals surface area contributed by atoms with E-state index in [1.807, 2.05) is 29.0 Å². The van der Waals surface area contributed by atoms with Crippen LogP contribution in [-0.4, -0.2) is 28.9 Å². The predicted molar refractivity (Wildman–Crippen MR) is 98.2 cm³/mol. The Labute approximate surface area is 158 Å². The molecule has 2 aromatic heterocycles. The topological polar surface area (TPSA) is 64.8 Å². The van der Waals surface area contributed by atoms with Crippen LogP contribution in [0, 0.1) is 0 Å². The van der Waals surface area contributed by atoms with E-state index >= 15 is 0 Å². The fraction of sp³-hybridized carbons (Fsp3) is 0.250. The van der Waals surface area contributed by atoms with E-state index in [1.54, 1.807) is 11.3 Å². The van der Waals surface area contributed by atoms with Crippen molar-refractivity contribution < 1.29 is 17.2 Å². The van der Waals surface area contributed by atoms with Gasteiger partial charge in [0.05, 0.1) is 9.77 Å². The standard InChI is InChI=1S/C16H15F2N3O2S3/c1-2-21-14(13-4-3-9-24-13)19-20-16(21)25-10-11-5-7-12(8-6-11)26(22,23)15(17)18/h3-9,15H,2,10H2,1H3. The van der Waals surface area contributed by atoms with E-state index in [9.17, 15) is 17.2 Å². The van der Waals surface area contributed by atoms with Gasteiger partial charge in [-0.15, -0.1) is 21.5 Å². The van der Waals surface area contributed by atoms with Crippen LogP contribution in [-0.2, 0) is 22.1 Å². The van der Waals surface area contributed by atoms with E-state index in [0.29, 0.717) is 12.3 Å². The SMILES string of the molecule is CCn1c(SCc2ccc(S(=O)(=O)C(F)F)cc2)nnc1-c1cccs1. The average Bonchev–Trinajstić information content (AvgIpc) is 3.29. The third-order valence-electron chi connectivity index (χ3n) is 3.63. The summed E-state index contributed by atoms with van der Waals surface area (Å²) in [6.07, 6.45) is 0. The Morgan fingerprint density at radius 1 is 1.19 bits per heavy atom. The molecular formula is C16H15F2N3O2S3. The molecule has 2 heterocycles. The molecule has 0 spiro atoms. The van der Waals surface area contributed by atoms with Gasteiger partial charge in [-0.3, -0.25) is 0 Å². The molecule has 5 nitrogen and oxygen atoms in total. The van der Waals surface area contributed by atoms with Crippen molar-refractivity contribution in [2.75, 3.05) is 0 Å². The third kappa shape index (κ3) is 3.81. The lowest BCUT2D eigenvalue weighted by molar-refractivity contribution is 0.234. The van der Waals surface area contributed by atoms with Crippen LogP contribution >= 0.6 is 23.1 Å². The average molecular weight is 416 g/mol. The number of aromatic nitrogens is 3. The highest BCUT2D eigenvalue weighted by Gasteiger charge is 2.26. The van der Waals surface area contributed by atoms with Crippen LogP contribution in [0.25, 0.3) is 10.7 Å². The Bertz CT molecular complexity index is 969. The van der Waals surface area contributed by atoms with Crippen LogP contribution in [0.5, 0.6) is 0 Å². The first kappa shape index (κ1) is 19.0. The van der Waals surface area contributed by atoms with E-state index in [2.05, 4.69) is 10.2 Å². The second-order valence-electron chi connectivity index (χ2n) is 5.27. The quantitative estimate of drug-likeness (QED) is 0.538. The molecule has 0 fully saturated rings. The van der Waals surface area contributed by atoms with Crippen LogP contribution in [0.15, 0.2) is 51.8 Å². The van der Waals surface area contributed by atoms with Gasteiger partial charge in [0.15, 0.2) is 11.0 Å². The Morgan fingerprint density at radius 2 is 1.92 bits per heavy atom. The van der Waals surface area contributed by atoms with Crippen LogP contribution < -0.4 is 0 Å². The molecule has 10 heteroatoms. The second kappa shape index (κ2) is 7.85. The lowest BCUT2D eigenvalue weighted by atomic mass is 10.2. The molecule has 0 aliphatic rings. The summed E-state index contributed by atoms with van der Waals surface area (Å²) in [4.78, 5) is 0.658. The van der Waals surface area contributed by atoms with Gasteiger partial charge in [-0.05, 0) is 36.1 Å². The molecule has 0 aliphatic carbocycles. The van der Waals surface area contributed by atoms with Crippen molar-refractivity contribution in [3.63, 3.8) is 0 Å². The van der Waals surface area contributed by atoms with E-state index in [0.717, 1.165) is 21.4 Å². The number of nitrogens with zero attached hydrogens (tertiary/aromatic N) is 3. The highest BCUT2D eigenvalue weighted by molar-refractivity contribution is 7.98.